The van der Waals surface area contributed by atoms with Crippen LogP contribution in [0.1, 0.15) is 21.5 Å². The third kappa shape index (κ3) is 3.77. The Balaban J connectivity index is 2.36. The van der Waals surface area contributed by atoms with E-state index in [1.807, 2.05) is 0 Å². The van der Waals surface area contributed by atoms with Gasteiger partial charge < -0.3 is 4.74 Å². The summed E-state index contributed by atoms with van der Waals surface area (Å²) in [4.78, 5) is 12.4. The van der Waals surface area contributed by atoms with Crippen molar-refractivity contribution in [2.24, 2.45) is 0 Å². The molecule has 0 aromatic heterocycles. The molecule has 0 amide bonds. The van der Waals surface area contributed by atoms with E-state index in [-0.39, 0.29) is 10.5 Å². The monoisotopic (exact) mass is 367 g/mol. The molecule has 0 fully saturated rings. The van der Waals surface area contributed by atoms with Crippen molar-refractivity contribution in [2.75, 3.05) is 14.1 Å². The number of hydrogen-bond acceptors (Lipinski definition) is 4. The molecule has 2 aromatic rings. The predicted molar refractivity (Wildman–Crippen MR) is 93.2 cm³/mol. The van der Waals surface area contributed by atoms with E-state index >= 15 is 0 Å². The first kappa shape index (κ1) is 18.4. The Hall–Kier alpha value is -1.89. The first-order chi connectivity index (χ1) is 11.1. The maximum absolute atomic E-state index is 12.4. The van der Waals surface area contributed by atoms with Crippen LogP contribution in [0, 0.1) is 13.8 Å². The largest absolute Gasteiger partial charge is 0.422 e. The summed E-state index contributed by atoms with van der Waals surface area (Å²) in [6.45, 7) is 3.57. The minimum absolute atomic E-state index is 0.0338. The summed E-state index contributed by atoms with van der Waals surface area (Å²) in [7, 11) is -0.757. The molecule has 2 rings (SSSR count). The number of sulfonamides is 1. The van der Waals surface area contributed by atoms with Gasteiger partial charge in [0.1, 0.15) is 5.75 Å². The first-order valence-electron chi connectivity index (χ1n) is 7.14. The molecule has 0 aliphatic heterocycles. The summed E-state index contributed by atoms with van der Waals surface area (Å²) in [5, 5.41) is 0.559. The Bertz CT molecular complexity index is 868. The number of ether oxygens (including phenoxy) is 1. The van der Waals surface area contributed by atoms with Crippen molar-refractivity contribution in [1.82, 2.24) is 4.31 Å². The van der Waals surface area contributed by atoms with Crippen molar-refractivity contribution in [2.45, 2.75) is 18.7 Å². The summed E-state index contributed by atoms with van der Waals surface area (Å²) in [5.41, 5.74) is 1.61. The van der Waals surface area contributed by atoms with E-state index < -0.39 is 16.0 Å². The van der Waals surface area contributed by atoms with E-state index in [4.69, 9.17) is 16.3 Å². The molecule has 2 aromatic carbocycles. The Morgan fingerprint density at radius 2 is 1.67 bits per heavy atom. The number of rotatable bonds is 4. The van der Waals surface area contributed by atoms with E-state index in [0.29, 0.717) is 10.8 Å². The first-order valence-corrected chi connectivity index (χ1v) is 8.96. The number of carbonyl (C=O) groups excluding carboxylic acids is 1. The van der Waals surface area contributed by atoms with Crippen LogP contribution < -0.4 is 4.74 Å². The number of hydrogen-bond donors (Lipinski definition) is 0. The molecule has 0 saturated carbocycles. The fraction of sp³-hybridized carbons (Fsp3) is 0.235. The number of halogens is 1. The van der Waals surface area contributed by atoms with Gasteiger partial charge >= 0.3 is 5.97 Å². The molecule has 0 saturated heterocycles. The third-order valence-electron chi connectivity index (χ3n) is 3.47. The van der Waals surface area contributed by atoms with E-state index in [0.717, 1.165) is 15.4 Å². The lowest BCUT2D eigenvalue weighted by Crippen LogP contribution is -2.22. The number of nitrogens with zero attached hydrogens (tertiary/aromatic N) is 1. The summed E-state index contributed by atoms with van der Waals surface area (Å²) in [6, 6.07) is 9.16. The molecule has 0 atom stereocenters. The van der Waals surface area contributed by atoms with Crippen molar-refractivity contribution >= 4 is 27.6 Å². The molecule has 0 heterocycles. The summed E-state index contributed by atoms with van der Waals surface area (Å²) in [6.07, 6.45) is 0. The van der Waals surface area contributed by atoms with Crippen molar-refractivity contribution in [3.8, 4) is 5.75 Å². The zero-order valence-corrected chi connectivity index (χ0v) is 15.4. The van der Waals surface area contributed by atoms with Gasteiger partial charge in [-0.3, -0.25) is 0 Å². The number of aryl methyl sites for hydroxylation is 2. The highest BCUT2D eigenvalue weighted by Crippen LogP contribution is 2.28. The number of benzene rings is 2. The lowest BCUT2D eigenvalue weighted by atomic mass is 10.1. The van der Waals surface area contributed by atoms with Crippen LogP contribution in [0.25, 0.3) is 0 Å². The highest BCUT2D eigenvalue weighted by Gasteiger charge is 2.20. The minimum Gasteiger partial charge on any atom is -0.422 e. The average molecular weight is 368 g/mol. The number of carbonyl (C=O) groups is 1. The van der Waals surface area contributed by atoms with Crippen LogP contribution in [0.3, 0.4) is 0 Å². The second-order valence-corrected chi connectivity index (χ2v) is 8.16. The molecule has 24 heavy (non-hydrogen) atoms. The molecule has 0 aliphatic rings. The van der Waals surface area contributed by atoms with Crippen LogP contribution in [0.5, 0.6) is 5.75 Å². The van der Waals surface area contributed by atoms with Gasteiger partial charge in [-0.15, -0.1) is 0 Å². The van der Waals surface area contributed by atoms with Crippen LogP contribution >= 0.6 is 11.6 Å². The Morgan fingerprint density at radius 1 is 1.08 bits per heavy atom. The van der Waals surface area contributed by atoms with Crippen LogP contribution in [0.15, 0.2) is 41.3 Å². The van der Waals surface area contributed by atoms with E-state index in [9.17, 15) is 13.2 Å². The maximum Gasteiger partial charge on any atom is 0.343 e. The van der Waals surface area contributed by atoms with Gasteiger partial charge in [0.2, 0.25) is 10.0 Å². The zero-order chi connectivity index (χ0) is 18.1. The molecule has 0 N–H and O–H groups in total. The lowest BCUT2D eigenvalue weighted by molar-refractivity contribution is 0.0732. The summed E-state index contributed by atoms with van der Waals surface area (Å²) in [5.74, 6) is -0.204. The van der Waals surface area contributed by atoms with E-state index in [1.54, 1.807) is 26.0 Å². The Morgan fingerprint density at radius 3 is 2.21 bits per heavy atom. The molecular formula is C17H18ClNO4S. The molecule has 0 bridgehead atoms. The standard InChI is InChI=1S/C17H18ClNO4S/c1-11-8-14(18)9-12(2)16(11)23-17(20)13-6-5-7-15(10-13)24(21,22)19(3)4/h5-10H,1-4H3. The SMILES string of the molecule is Cc1cc(Cl)cc(C)c1OC(=O)c1cccc(S(=O)(=O)N(C)C)c1. The van der Waals surface area contributed by atoms with Crippen LogP contribution in [-0.4, -0.2) is 32.8 Å². The smallest absolute Gasteiger partial charge is 0.343 e. The molecule has 0 spiro atoms. The third-order valence-corrected chi connectivity index (χ3v) is 5.50. The van der Waals surface area contributed by atoms with Crippen LogP contribution in [0.4, 0.5) is 0 Å². The quantitative estimate of drug-likeness (QED) is 0.613. The average Bonchev–Trinajstić information content (AvgIpc) is 2.50. The van der Waals surface area contributed by atoms with E-state index in [1.165, 1.54) is 38.4 Å². The van der Waals surface area contributed by atoms with Gasteiger partial charge in [0, 0.05) is 19.1 Å². The second-order valence-electron chi connectivity index (χ2n) is 5.57. The second kappa shape index (κ2) is 6.93. The van der Waals surface area contributed by atoms with Gasteiger partial charge in [0.15, 0.2) is 0 Å². The highest BCUT2D eigenvalue weighted by molar-refractivity contribution is 7.89. The Labute approximate surface area is 146 Å². The van der Waals surface area contributed by atoms with Gasteiger partial charge in [0.05, 0.1) is 10.5 Å². The van der Waals surface area contributed by atoms with Crippen molar-refractivity contribution in [3.63, 3.8) is 0 Å². The maximum atomic E-state index is 12.4. The van der Waals surface area contributed by atoms with Gasteiger partial charge in [0.25, 0.3) is 0 Å². The molecule has 128 valence electrons. The van der Waals surface area contributed by atoms with Crippen molar-refractivity contribution in [1.29, 1.82) is 0 Å². The summed E-state index contributed by atoms with van der Waals surface area (Å²) < 4.78 is 30.9. The molecule has 7 heteroatoms. The van der Waals surface area contributed by atoms with Crippen LogP contribution in [-0.2, 0) is 10.0 Å². The zero-order valence-electron chi connectivity index (χ0n) is 13.8. The van der Waals surface area contributed by atoms with Crippen LogP contribution in [0.2, 0.25) is 5.02 Å². The highest BCUT2D eigenvalue weighted by atomic mass is 35.5. The fourth-order valence-corrected chi connectivity index (χ4v) is 3.48. The molecular weight excluding hydrogens is 350 g/mol. The molecule has 5 nitrogen and oxygen atoms in total. The Kier molecular flexibility index (Phi) is 5.32. The van der Waals surface area contributed by atoms with Gasteiger partial charge in [-0.05, 0) is 55.3 Å². The lowest BCUT2D eigenvalue weighted by Gasteiger charge is -2.13. The number of esters is 1. The van der Waals surface area contributed by atoms with Gasteiger partial charge in [-0.25, -0.2) is 17.5 Å². The van der Waals surface area contributed by atoms with Crippen molar-refractivity contribution in [3.05, 3.63) is 58.1 Å². The van der Waals surface area contributed by atoms with E-state index in [2.05, 4.69) is 0 Å². The molecule has 0 aliphatic carbocycles. The minimum atomic E-state index is -3.62. The normalized spacial score (nSPS) is 11.6. The molecule has 0 unspecified atom stereocenters. The predicted octanol–water partition coefficient (Wildman–Crippen LogP) is 3.43. The van der Waals surface area contributed by atoms with Gasteiger partial charge in [-0.2, -0.15) is 0 Å². The van der Waals surface area contributed by atoms with Crippen molar-refractivity contribution < 1.29 is 17.9 Å². The van der Waals surface area contributed by atoms with Gasteiger partial charge in [-0.1, -0.05) is 17.7 Å². The summed E-state index contributed by atoms with van der Waals surface area (Å²) >= 11 is 5.96. The fourth-order valence-electron chi connectivity index (χ4n) is 2.20. The topological polar surface area (TPSA) is 63.7 Å². The molecule has 0 radical (unpaired) electrons.